The fourth-order valence-electron chi connectivity index (χ4n) is 4.52. The van der Waals surface area contributed by atoms with Crippen LogP contribution in [0.25, 0.3) is 16.7 Å². The van der Waals surface area contributed by atoms with Crippen LogP contribution in [-0.2, 0) is 0 Å². The van der Waals surface area contributed by atoms with Gasteiger partial charge in [-0.3, -0.25) is 0 Å². The van der Waals surface area contributed by atoms with Gasteiger partial charge in [0.05, 0.1) is 33.4 Å². The van der Waals surface area contributed by atoms with E-state index in [1.54, 1.807) is 0 Å². The van der Waals surface area contributed by atoms with E-state index in [1.807, 2.05) is 0 Å². The van der Waals surface area contributed by atoms with Gasteiger partial charge in [-0.15, -0.1) is 6.42 Å². The lowest BCUT2D eigenvalue weighted by Gasteiger charge is -2.08. The second kappa shape index (κ2) is 12.1. The number of nitriles is 5. The number of allylic oxidation sites excluding steroid dienone is 6. The first-order valence-electron chi connectivity index (χ1n) is 11.9. The van der Waals surface area contributed by atoms with Gasteiger partial charge in [-0.1, -0.05) is 5.92 Å². The summed E-state index contributed by atoms with van der Waals surface area (Å²) in [5, 5.41) is 47.1. The Kier molecular flexibility index (Phi) is 8.55. The maximum absolute atomic E-state index is 15.1. The van der Waals surface area contributed by atoms with E-state index in [1.165, 1.54) is 5.92 Å². The second-order valence-electron chi connectivity index (χ2n) is 8.97. The van der Waals surface area contributed by atoms with E-state index in [4.69, 9.17) is 16.9 Å². The topological polar surface area (TPSA) is 119 Å². The molecule has 0 bridgehead atoms. The van der Waals surface area contributed by atoms with Crippen molar-refractivity contribution in [2.45, 2.75) is 0 Å². The van der Waals surface area contributed by atoms with Crippen LogP contribution in [0.5, 0.6) is 0 Å². The summed E-state index contributed by atoms with van der Waals surface area (Å²) in [5.74, 6) is -28.1. The number of hydrogen-bond acceptors (Lipinski definition) is 5. The van der Waals surface area contributed by atoms with Crippen molar-refractivity contribution in [3.8, 4) is 42.7 Å². The summed E-state index contributed by atoms with van der Waals surface area (Å²) in [7, 11) is 0. The summed E-state index contributed by atoms with van der Waals surface area (Å²) < 4.78 is 178. The Morgan fingerprint density at radius 2 is 0.562 bits per heavy atom. The first-order valence-corrected chi connectivity index (χ1v) is 11.9. The Morgan fingerprint density at radius 1 is 0.354 bits per heavy atom. The molecule has 0 aromatic heterocycles. The minimum absolute atomic E-state index is 0.775. The van der Waals surface area contributed by atoms with Gasteiger partial charge < -0.3 is 0 Å². The van der Waals surface area contributed by atoms with Crippen molar-refractivity contribution >= 4 is 16.7 Å². The van der Waals surface area contributed by atoms with Gasteiger partial charge in [-0.2, -0.15) is 26.3 Å². The predicted octanol–water partition coefficient (Wildman–Crippen LogP) is 7.33. The highest BCUT2D eigenvalue weighted by Crippen LogP contribution is 2.57. The molecule has 17 heteroatoms. The van der Waals surface area contributed by atoms with E-state index in [2.05, 4.69) is 0 Å². The monoisotopic (exact) mass is 671 g/mol. The minimum Gasteiger partial charge on any atom is -0.203 e. The molecule has 234 valence electrons. The zero-order chi connectivity index (χ0) is 36.1. The van der Waals surface area contributed by atoms with Crippen molar-refractivity contribution in [1.82, 2.24) is 0 Å². The van der Waals surface area contributed by atoms with Crippen molar-refractivity contribution in [3.63, 3.8) is 0 Å². The van der Waals surface area contributed by atoms with E-state index >= 15 is 26.3 Å². The smallest absolute Gasteiger partial charge is 0.180 e. The van der Waals surface area contributed by atoms with E-state index in [0.29, 0.717) is 0 Å². The van der Waals surface area contributed by atoms with E-state index in [9.17, 15) is 42.1 Å². The number of hydrogen-bond donors (Lipinski definition) is 0. The van der Waals surface area contributed by atoms with Crippen LogP contribution < -0.4 is 0 Å². The standard InChI is InChI=1S/C31HF12N5/c1-2-8-20(32)26(38)17(27(39)21(8)33)9(3-44)14-15(10(4-45)18-28(40)22(34)12(6-47)23(35)29(18)41)16(14)11(5-46)19-30(42)24(36)13(7-48)25(37)31(19)43/h1H. The van der Waals surface area contributed by atoms with Gasteiger partial charge >= 0.3 is 0 Å². The number of terminal acetylenes is 1. The number of nitrogens with zero attached hydrogens (tertiary/aromatic N) is 5. The molecule has 0 spiro atoms. The minimum atomic E-state index is -2.52. The molecule has 3 aromatic rings. The molecule has 0 atom stereocenters. The fraction of sp³-hybridized carbons (Fsp3) is 0. The lowest BCUT2D eigenvalue weighted by molar-refractivity contribution is 0.446. The predicted molar refractivity (Wildman–Crippen MR) is 134 cm³/mol. The third-order valence-corrected chi connectivity index (χ3v) is 6.68. The lowest BCUT2D eigenvalue weighted by atomic mass is 9.99. The van der Waals surface area contributed by atoms with Crippen molar-refractivity contribution in [2.24, 2.45) is 0 Å². The second-order valence-corrected chi connectivity index (χ2v) is 8.97. The lowest BCUT2D eigenvalue weighted by Crippen LogP contribution is -2.06. The summed E-state index contributed by atoms with van der Waals surface area (Å²) in [4.78, 5) is 0. The molecule has 0 amide bonds. The van der Waals surface area contributed by atoms with E-state index in [-0.39, 0.29) is 0 Å². The first-order chi connectivity index (χ1) is 22.6. The van der Waals surface area contributed by atoms with Gasteiger partial charge in [-0.25, -0.2) is 52.7 Å². The van der Waals surface area contributed by atoms with Crippen LogP contribution in [0.3, 0.4) is 0 Å². The molecule has 1 fully saturated rings. The molecule has 1 aliphatic carbocycles. The van der Waals surface area contributed by atoms with Crippen LogP contribution in [0.4, 0.5) is 52.7 Å². The molecule has 1 aliphatic rings. The highest BCUT2D eigenvalue weighted by atomic mass is 19.2. The third kappa shape index (κ3) is 4.58. The van der Waals surface area contributed by atoms with Gasteiger partial charge in [-0.05, 0) is 0 Å². The van der Waals surface area contributed by atoms with Crippen molar-refractivity contribution in [1.29, 1.82) is 26.3 Å². The van der Waals surface area contributed by atoms with Gasteiger partial charge in [0.15, 0.2) is 69.8 Å². The Labute approximate surface area is 258 Å². The molecule has 0 radical (unpaired) electrons. The maximum atomic E-state index is 15.1. The van der Waals surface area contributed by atoms with E-state index < -0.39 is 137 Å². The summed E-state index contributed by atoms with van der Waals surface area (Å²) in [6, 6.07) is 4.48. The first kappa shape index (κ1) is 33.9. The average molecular weight is 671 g/mol. The largest absolute Gasteiger partial charge is 0.203 e. The SMILES string of the molecule is C#Cc1c(F)c(F)c(C(C#N)=C2C(=C(C#N)c3c(F)c(F)c(C#N)c(F)c3F)C2=C(C#N)c2c(F)c(F)c(C#N)c(F)c2F)c(F)c1F. The number of benzene rings is 3. The van der Waals surface area contributed by atoms with Gasteiger partial charge in [0.25, 0.3) is 0 Å². The van der Waals surface area contributed by atoms with Crippen LogP contribution in [-0.4, -0.2) is 0 Å². The molecule has 0 saturated heterocycles. The molecule has 0 heterocycles. The van der Waals surface area contributed by atoms with Crippen LogP contribution in [0.15, 0.2) is 16.7 Å². The Bertz CT molecular complexity index is 2060. The normalized spacial score (nSPS) is 13.8. The van der Waals surface area contributed by atoms with Crippen LogP contribution >= 0.6 is 0 Å². The van der Waals surface area contributed by atoms with Crippen molar-refractivity contribution in [2.75, 3.05) is 0 Å². The highest BCUT2D eigenvalue weighted by Gasteiger charge is 2.46. The molecule has 5 nitrogen and oxygen atoms in total. The van der Waals surface area contributed by atoms with Gasteiger partial charge in [0.1, 0.15) is 47.0 Å². The van der Waals surface area contributed by atoms with E-state index in [0.717, 1.165) is 30.3 Å². The third-order valence-electron chi connectivity index (χ3n) is 6.68. The number of rotatable bonds is 3. The highest BCUT2D eigenvalue weighted by molar-refractivity contribution is 6.12. The molecule has 1 saturated carbocycles. The molecule has 3 aromatic carbocycles. The van der Waals surface area contributed by atoms with Crippen LogP contribution in [0.2, 0.25) is 0 Å². The molecular formula is C31HF12N5. The average Bonchev–Trinajstić information content (AvgIpc) is 3.78. The van der Waals surface area contributed by atoms with Gasteiger partial charge in [0.2, 0.25) is 0 Å². The zero-order valence-electron chi connectivity index (χ0n) is 22.3. The maximum Gasteiger partial charge on any atom is 0.180 e. The van der Waals surface area contributed by atoms with Gasteiger partial charge in [0, 0.05) is 16.7 Å². The van der Waals surface area contributed by atoms with Crippen molar-refractivity contribution < 1.29 is 52.7 Å². The Balaban J connectivity index is 2.38. The molecule has 4 rings (SSSR count). The van der Waals surface area contributed by atoms with Crippen LogP contribution in [0, 0.1) is 139 Å². The summed E-state index contributed by atoms with van der Waals surface area (Å²) in [6.45, 7) is 0. The molecular weight excluding hydrogens is 670 g/mol. The van der Waals surface area contributed by atoms with Crippen LogP contribution in [0.1, 0.15) is 33.4 Å². The molecule has 48 heavy (non-hydrogen) atoms. The molecule has 0 unspecified atom stereocenters. The fourth-order valence-corrected chi connectivity index (χ4v) is 4.52. The Morgan fingerprint density at radius 3 is 0.729 bits per heavy atom. The molecule has 0 N–H and O–H groups in total. The zero-order valence-corrected chi connectivity index (χ0v) is 22.3. The summed E-state index contributed by atoms with van der Waals surface area (Å²) >= 11 is 0. The Hall–Kier alpha value is -6.95. The van der Waals surface area contributed by atoms with Crippen molar-refractivity contribution in [3.05, 3.63) is 120 Å². The molecule has 0 aliphatic heterocycles. The summed E-state index contributed by atoms with van der Waals surface area (Å²) in [6.07, 6.45) is 4.82. The summed E-state index contributed by atoms with van der Waals surface area (Å²) in [5.41, 5.74) is -21.0. The number of halogens is 12. The quantitative estimate of drug-likeness (QED) is 0.125.